The summed E-state index contributed by atoms with van der Waals surface area (Å²) in [6.45, 7) is 8.57. The van der Waals surface area contributed by atoms with Gasteiger partial charge in [-0.05, 0) is 33.1 Å². The van der Waals surface area contributed by atoms with Crippen molar-refractivity contribution in [1.82, 2.24) is 5.27 Å². The predicted molar refractivity (Wildman–Crippen MR) is 73.0 cm³/mol. The van der Waals surface area contributed by atoms with Crippen LogP contribution in [-0.4, -0.2) is 17.4 Å². The maximum absolute atomic E-state index is 7.80. The van der Waals surface area contributed by atoms with Crippen LogP contribution < -0.4 is 9.80 Å². The average Bonchev–Trinajstić information content (AvgIpc) is 2.60. The predicted octanol–water partition coefficient (Wildman–Crippen LogP) is 3.09. The van der Waals surface area contributed by atoms with Crippen molar-refractivity contribution < 1.29 is 9.31 Å². The zero-order valence-electron chi connectivity index (χ0n) is 11.5. The summed E-state index contributed by atoms with van der Waals surface area (Å²) < 4.78 is 5.04. The van der Waals surface area contributed by atoms with Crippen LogP contribution in [0.4, 0.5) is 5.88 Å². The molecule has 2 atom stereocenters. The van der Waals surface area contributed by atoms with E-state index in [4.69, 9.17) is 10.3 Å². The molecule has 1 aromatic rings. The van der Waals surface area contributed by atoms with E-state index in [1.807, 2.05) is 4.79 Å². The summed E-state index contributed by atoms with van der Waals surface area (Å²) >= 11 is 0. The van der Waals surface area contributed by atoms with Crippen LogP contribution in [-0.2, 0) is 0 Å². The van der Waals surface area contributed by atoms with Crippen LogP contribution in [0.3, 0.4) is 0 Å². The Morgan fingerprint density at radius 3 is 2.39 bits per heavy atom. The van der Waals surface area contributed by atoms with E-state index in [1.165, 1.54) is 19.3 Å². The molecule has 1 aromatic heterocycles. The third-order valence-corrected chi connectivity index (χ3v) is 3.57. The number of aromatic nitrogens is 2. The normalized spacial score (nSPS) is 24.2. The van der Waals surface area contributed by atoms with Crippen LogP contribution in [0.25, 0.3) is 5.73 Å². The molecule has 2 heterocycles. The fourth-order valence-corrected chi connectivity index (χ4v) is 2.70. The van der Waals surface area contributed by atoms with Gasteiger partial charge in [0.2, 0.25) is 5.27 Å². The molecule has 5 nitrogen and oxygen atoms in total. The topological polar surface area (TPSA) is 57.0 Å². The molecule has 1 aliphatic heterocycles. The molecule has 1 fully saturated rings. The van der Waals surface area contributed by atoms with Crippen LogP contribution in [0.15, 0.2) is 4.52 Å². The van der Waals surface area contributed by atoms with Gasteiger partial charge in [-0.1, -0.05) is 13.8 Å². The van der Waals surface area contributed by atoms with E-state index in [1.54, 1.807) is 0 Å². The van der Waals surface area contributed by atoms with Crippen molar-refractivity contribution in [2.45, 2.75) is 65.0 Å². The van der Waals surface area contributed by atoms with E-state index in [-0.39, 0.29) is 24.2 Å². The smallest absolute Gasteiger partial charge is 0.271 e. The minimum Gasteiger partial charge on any atom is -0.660 e. The van der Waals surface area contributed by atoms with Crippen LogP contribution in [0.5, 0.6) is 0 Å². The number of rotatable bonds is 2. The summed E-state index contributed by atoms with van der Waals surface area (Å²) in [5, 5.41) is 6.29. The SMILES string of the molecule is CC(C)c1c([NH-])on[n+]1N1C(C)CCCC1C.Cl. The molecule has 104 valence electrons. The van der Waals surface area contributed by atoms with Crippen molar-refractivity contribution in [3.05, 3.63) is 11.4 Å². The van der Waals surface area contributed by atoms with Gasteiger partial charge < -0.3 is 10.3 Å². The van der Waals surface area contributed by atoms with Gasteiger partial charge in [0.05, 0.1) is 16.9 Å². The van der Waals surface area contributed by atoms with Crippen molar-refractivity contribution in [3.63, 3.8) is 0 Å². The molecule has 1 N–H and O–H groups in total. The highest BCUT2D eigenvalue weighted by atomic mass is 35.5. The molecule has 0 saturated carbocycles. The van der Waals surface area contributed by atoms with Gasteiger partial charge in [0.25, 0.3) is 5.69 Å². The summed E-state index contributed by atoms with van der Waals surface area (Å²) in [7, 11) is 0. The lowest BCUT2D eigenvalue weighted by Crippen LogP contribution is -2.69. The van der Waals surface area contributed by atoms with Crippen LogP contribution in [0.2, 0.25) is 0 Å². The summed E-state index contributed by atoms with van der Waals surface area (Å²) in [5.74, 6) is 0.431. The van der Waals surface area contributed by atoms with Crippen molar-refractivity contribution in [3.8, 4) is 0 Å². The molecule has 0 aliphatic carbocycles. The third-order valence-electron chi connectivity index (χ3n) is 3.57. The molecule has 0 radical (unpaired) electrons. The largest absolute Gasteiger partial charge is 0.660 e. The first kappa shape index (κ1) is 15.1. The van der Waals surface area contributed by atoms with E-state index in [9.17, 15) is 0 Å². The second-order valence-electron chi connectivity index (χ2n) is 5.34. The number of hydrogen-bond donors (Lipinski definition) is 0. The van der Waals surface area contributed by atoms with Gasteiger partial charge in [-0.25, -0.2) is 0 Å². The zero-order valence-corrected chi connectivity index (χ0v) is 12.3. The number of hydrogen-bond acceptors (Lipinski definition) is 3. The molecule has 1 saturated heterocycles. The number of nitrogens with one attached hydrogen (secondary N) is 1. The van der Waals surface area contributed by atoms with E-state index < -0.39 is 0 Å². The summed E-state index contributed by atoms with van der Waals surface area (Å²) in [5.41, 5.74) is 8.66. The first-order chi connectivity index (χ1) is 8.02. The minimum absolute atomic E-state index is 0. The zero-order chi connectivity index (χ0) is 12.6. The number of piperidine rings is 1. The van der Waals surface area contributed by atoms with Crippen LogP contribution in [0, 0.1) is 0 Å². The molecule has 2 unspecified atom stereocenters. The van der Waals surface area contributed by atoms with Gasteiger partial charge in [-0.15, -0.1) is 17.4 Å². The van der Waals surface area contributed by atoms with Crippen molar-refractivity contribution in [2.75, 3.05) is 5.01 Å². The molecular weight excluding hydrogens is 252 g/mol. The van der Waals surface area contributed by atoms with Gasteiger partial charge in [-0.2, -0.15) is 0 Å². The molecular formula is C12H23ClN4O. The Labute approximate surface area is 115 Å². The van der Waals surface area contributed by atoms with Crippen molar-refractivity contribution in [2.24, 2.45) is 0 Å². The quantitative estimate of drug-likeness (QED) is 0.779. The lowest BCUT2D eigenvalue weighted by Gasteiger charge is -2.32. The lowest BCUT2D eigenvalue weighted by molar-refractivity contribution is -0.772. The second kappa shape index (κ2) is 5.78. The first-order valence-corrected chi connectivity index (χ1v) is 6.44. The maximum Gasteiger partial charge on any atom is 0.271 e. The van der Waals surface area contributed by atoms with Crippen LogP contribution >= 0.6 is 12.4 Å². The third kappa shape index (κ3) is 2.55. The van der Waals surface area contributed by atoms with Gasteiger partial charge in [-0.3, -0.25) is 0 Å². The van der Waals surface area contributed by atoms with E-state index in [0.717, 1.165) is 5.69 Å². The molecule has 0 bridgehead atoms. The van der Waals surface area contributed by atoms with Gasteiger partial charge >= 0.3 is 0 Å². The molecule has 0 aromatic carbocycles. The number of halogens is 1. The van der Waals surface area contributed by atoms with Gasteiger partial charge in [0, 0.05) is 5.92 Å². The lowest BCUT2D eigenvalue weighted by atomic mass is 9.99. The minimum atomic E-state index is 0. The second-order valence-corrected chi connectivity index (χ2v) is 5.34. The fraction of sp³-hybridized carbons (Fsp3) is 0.833. The Kier molecular flexibility index (Phi) is 4.85. The summed E-state index contributed by atoms with van der Waals surface area (Å²) in [6, 6.07) is 0.900. The van der Waals surface area contributed by atoms with E-state index in [2.05, 4.69) is 38.0 Å². The molecule has 2 rings (SSSR count). The summed E-state index contributed by atoms with van der Waals surface area (Å²) in [4.78, 5) is 1.82. The van der Waals surface area contributed by atoms with E-state index >= 15 is 0 Å². The van der Waals surface area contributed by atoms with Crippen LogP contribution in [0.1, 0.15) is 58.6 Å². The molecule has 1 aliphatic rings. The Balaban J connectivity index is 0.00000162. The number of nitrogens with zero attached hydrogens (tertiary/aromatic N) is 3. The Bertz CT molecular complexity index is 383. The first-order valence-electron chi connectivity index (χ1n) is 6.44. The average molecular weight is 275 g/mol. The van der Waals surface area contributed by atoms with E-state index in [0.29, 0.717) is 12.1 Å². The highest BCUT2D eigenvalue weighted by Crippen LogP contribution is 2.24. The Morgan fingerprint density at radius 2 is 1.89 bits per heavy atom. The van der Waals surface area contributed by atoms with Gasteiger partial charge in [0.15, 0.2) is 0 Å². The van der Waals surface area contributed by atoms with Crippen molar-refractivity contribution >= 4 is 18.3 Å². The molecule has 18 heavy (non-hydrogen) atoms. The van der Waals surface area contributed by atoms with Gasteiger partial charge in [0.1, 0.15) is 5.88 Å². The Hall–Kier alpha value is -0.970. The van der Waals surface area contributed by atoms with Crippen molar-refractivity contribution in [1.29, 1.82) is 0 Å². The monoisotopic (exact) mass is 274 g/mol. The fourth-order valence-electron chi connectivity index (χ4n) is 2.70. The highest BCUT2D eigenvalue weighted by molar-refractivity contribution is 5.85. The highest BCUT2D eigenvalue weighted by Gasteiger charge is 2.37. The Morgan fingerprint density at radius 1 is 1.33 bits per heavy atom. The maximum atomic E-state index is 7.80. The standard InChI is InChI=1S/C12H22N4O.ClH/c1-8(2)11-12(13)17-14-16(11)15-9(3)6-5-7-10(15)4;/h8-10,13H,5-7H2,1-4H3;1H. The molecule has 6 heteroatoms. The summed E-state index contributed by atoms with van der Waals surface area (Å²) in [6.07, 6.45) is 3.62. The molecule has 0 amide bonds. The molecule has 0 spiro atoms.